The molecule has 0 saturated heterocycles. The molecule has 6 nitrogen and oxygen atoms in total. The van der Waals surface area contributed by atoms with Crippen LogP contribution in [0.1, 0.15) is 27.2 Å². The number of benzene rings is 2. The second kappa shape index (κ2) is 7.23. The van der Waals surface area contributed by atoms with Crippen LogP contribution in [0.15, 0.2) is 48.5 Å². The first-order valence-corrected chi connectivity index (χ1v) is 8.21. The van der Waals surface area contributed by atoms with Gasteiger partial charge < -0.3 is 15.7 Å². The summed E-state index contributed by atoms with van der Waals surface area (Å²) in [6, 6.07) is 14.4. The lowest BCUT2D eigenvalue weighted by Gasteiger charge is -2.12. The summed E-state index contributed by atoms with van der Waals surface area (Å²) in [6.07, 6.45) is 0. The lowest BCUT2D eigenvalue weighted by Crippen LogP contribution is -2.04. The number of anilines is 4. The SMILES string of the molecule is Cc1cc(Nc2cccc(C(=O)O)c2)nc(Nc2cccc(C)c2C)n1. The molecule has 0 aliphatic carbocycles. The number of carboxylic acids is 1. The number of carboxylic acid groups (broad SMARTS) is 1. The van der Waals surface area contributed by atoms with Crippen LogP contribution in [0, 0.1) is 20.8 Å². The van der Waals surface area contributed by atoms with Gasteiger partial charge in [0.05, 0.1) is 5.56 Å². The van der Waals surface area contributed by atoms with Crippen LogP contribution < -0.4 is 10.6 Å². The minimum Gasteiger partial charge on any atom is -0.478 e. The second-order valence-corrected chi connectivity index (χ2v) is 6.10. The summed E-state index contributed by atoms with van der Waals surface area (Å²) in [6.45, 7) is 5.98. The van der Waals surface area contributed by atoms with Crippen LogP contribution in [0.5, 0.6) is 0 Å². The lowest BCUT2D eigenvalue weighted by atomic mass is 10.1. The molecule has 132 valence electrons. The number of nitrogens with zero attached hydrogens (tertiary/aromatic N) is 2. The van der Waals surface area contributed by atoms with Crippen LogP contribution >= 0.6 is 0 Å². The topological polar surface area (TPSA) is 87.1 Å². The molecule has 0 unspecified atom stereocenters. The van der Waals surface area contributed by atoms with E-state index in [1.165, 1.54) is 5.56 Å². The summed E-state index contributed by atoms with van der Waals surface area (Å²) < 4.78 is 0. The van der Waals surface area contributed by atoms with Crippen LogP contribution in [-0.2, 0) is 0 Å². The van der Waals surface area contributed by atoms with E-state index in [4.69, 9.17) is 5.11 Å². The number of aryl methyl sites for hydroxylation is 2. The van der Waals surface area contributed by atoms with Crippen LogP contribution in [0.2, 0.25) is 0 Å². The molecule has 6 heteroatoms. The van der Waals surface area contributed by atoms with Crippen molar-refractivity contribution in [2.45, 2.75) is 20.8 Å². The lowest BCUT2D eigenvalue weighted by molar-refractivity contribution is 0.0697. The largest absolute Gasteiger partial charge is 0.478 e. The average molecular weight is 348 g/mol. The molecule has 0 spiro atoms. The van der Waals surface area contributed by atoms with E-state index in [-0.39, 0.29) is 5.56 Å². The fraction of sp³-hybridized carbons (Fsp3) is 0.150. The molecule has 0 fully saturated rings. The molecule has 0 radical (unpaired) electrons. The molecule has 0 bridgehead atoms. The van der Waals surface area contributed by atoms with E-state index in [0.717, 1.165) is 16.9 Å². The maximum Gasteiger partial charge on any atom is 0.335 e. The van der Waals surface area contributed by atoms with Gasteiger partial charge in [0.25, 0.3) is 0 Å². The smallest absolute Gasteiger partial charge is 0.335 e. The molecule has 3 aromatic rings. The van der Waals surface area contributed by atoms with E-state index in [9.17, 15) is 4.79 Å². The third kappa shape index (κ3) is 3.97. The molecule has 1 heterocycles. The Morgan fingerprint density at radius 2 is 1.73 bits per heavy atom. The van der Waals surface area contributed by atoms with Crippen molar-refractivity contribution >= 4 is 29.1 Å². The molecule has 0 aliphatic heterocycles. The quantitative estimate of drug-likeness (QED) is 0.625. The molecule has 3 rings (SSSR count). The van der Waals surface area contributed by atoms with Crippen molar-refractivity contribution < 1.29 is 9.90 Å². The predicted octanol–water partition coefficient (Wildman–Crippen LogP) is 4.59. The summed E-state index contributed by atoms with van der Waals surface area (Å²) in [5, 5.41) is 15.5. The van der Waals surface area contributed by atoms with Crippen molar-refractivity contribution in [1.82, 2.24) is 9.97 Å². The Bertz CT molecular complexity index is 970. The summed E-state index contributed by atoms with van der Waals surface area (Å²) in [4.78, 5) is 20.0. The summed E-state index contributed by atoms with van der Waals surface area (Å²) in [5.74, 6) is 0.105. The highest BCUT2D eigenvalue weighted by atomic mass is 16.4. The maximum atomic E-state index is 11.1. The zero-order valence-electron chi connectivity index (χ0n) is 14.9. The van der Waals surface area contributed by atoms with Gasteiger partial charge in [-0.25, -0.2) is 9.78 Å². The monoisotopic (exact) mass is 348 g/mol. The Balaban J connectivity index is 1.87. The zero-order chi connectivity index (χ0) is 18.7. The molecular weight excluding hydrogens is 328 g/mol. The molecule has 0 saturated carbocycles. The first-order chi connectivity index (χ1) is 12.4. The second-order valence-electron chi connectivity index (χ2n) is 6.10. The summed E-state index contributed by atoms with van der Waals surface area (Å²) >= 11 is 0. The van der Waals surface area contributed by atoms with Crippen molar-refractivity contribution in [3.63, 3.8) is 0 Å². The minimum atomic E-state index is -0.968. The summed E-state index contributed by atoms with van der Waals surface area (Å²) in [7, 11) is 0. The Hall–Kier alpha value is -3.41. The molecule has 0 amide bonds. The fourth-order valence-corrected chi connectivity index (χ4v) is 2.57. The average Bonchev–Trinajstić information content (AvgIpc) is 2.59. The van der Waals surface area contributed by atoms with E-state index in [1.54, 1.807) is 24.3 Å². The van der Waals surface area contributed by atoms with E-state index >= 15 is 0 Å². The Morgan fingerprint density at radius 3 is 2.50 bits per heavy atom. The van der Waals surface area contributed by atoms with Crippen molar-refractivity contribution in [3.05, 3.63) is 70.9 Å². The molecule has 26 heavy (non-hydrogen) atoms. The standard InChI is InChI=1S/C20H20N4O2/c1-12-6-4-9-17(14(12)3)23-20-21-13(2)10-18(24-20)22-16-8-5-7-15(11-16)19(25)26/h4-11H,1-3H3,(H,25,26)(H2,21,22,23,24). The van der Waals surface area contributed by atoms with Crippen molar-refractivity contribution in [3.8, 4) is 0 Å². The Kier molecular flexibility index (Phi) is 4.84. The van der Waals surface area contributed by atoms with E-state index in [1.807, 2.05) is 32.0 Å². The van der Waals surface area contributed by atoms with Gasteiger partial charge in [-0.15, -0.1) is 0 Å². The van der Waals surface area contributed by atoms with Crippen LogP contribution in [0.3, 0.4) is 0 Å². The Labute approximate surface area is 152 Å². The van der Waals surface area contributed by atoms with Crippen molar-refractivity contribution in [2.75, 3.05) is 10.6 Å². The van der Waals surface area contributed by atoms with Gasteiger partial charge in [0.2, 0.25) is 5.95 Å². The molecule has 2 aromatic carbocycles. The Morgan fingerprint density at radius 1 is 0.962 bits per heavy atom. The summed E-state index contributed by atoms with van der Waals surface area (Å²) in [5.41, 5.74) is 4.95. The van der Waals surface area contributed by atoms with E-state index in [2.05, 4.69) is 33.6 Å². The fourth-order valence-electron chi connectivity index (χ4n) is 2.57. The van der Waals surface area contributed by atoms with Gasteiger partial charge in [0.15, 0.2) is 0 Å². The third-order valence-corrected chi connectivity index (χ3v) is 4.09. The molecule has 0 aliphatic rings. The molecule has 1 aromatic heterocycles. The van der Waals surface area contributed by atoms with Gasteiger partial charge in [0.1, 0.15) is 5.82 Å². The third-order valence-electron chi connectivity index (χ3n) is 4.09. The number of nitrogens with one attached hydrogen (secondary N) is 2. The highest BCUT2D eigenvalue weighted by molar-refractivity contribution is 5.89. The first-order valence-electron chi connectivity index (χ1n) is 8.21. The number of aromatic carboxylic acids is 1. The predicted molar refractivity (Wildman–Crippen MR) is 103 cm³/mol. The van der Waals surface area contributed by atoms with Crippen LogP contribution in [0.25, 0.3) is 0 Å². The van der Waals surface area contributed by atoms with Crippen LogP contribution in [0.4, 0.5) is 23.1 Å². The van der Waals surface area contributed by atoms with E-state index in [0.29, 0.717) is 17.5 Å². The van der Waals surface area contributed by atoms with Gasteiger partial charge >= 0.3 is 5.97 Å². The highest BCUT2D eigenvalue weighted by Gasteiger charge is 2.08. The van der Waals surface area contributed by atoms with Gasteiger partial charge in [-0.05, 0) is 56.2 Å². The minimum absolute atomic E-state index is 0.217. The first kappa shape index (κ1) is 17.4. The van der Waals surface area contributed by atoms with Crippen molar-refractivity contribution in [1.29, 1.82) is 0 Å². The highest BCUT2D eigenvalue weighted by Crippen LogP contribution is 2.23. The normalized spacial score (nSPS) is 10.4. The van der Waals surface area contributed by atoms with Gasteiger partial charge in [-0.2, -0.15) is 4.98 Å². The number of rotatable bonds is 5. The van der Waals surface area contributed by atoms with Gasteiger partial charge in [-0.1, -0.05) is 18.2 Å². The number of carbonyl (C=O) groups is 1. The van der Waals surface area contributed by atoms with Gasteiger partial charge in [-0.3, -0.25) is 0 Å². The van der Waals surface area contributed by atoms with Crippen LogP contribution in [-0.4, -0.2) is 21.0 Å². The molecular formula is C20H20N4O2. The van der Waals surface area contributed by atoms with E-state index < -0.39 is 5.97 Å². The zero-order valence-corrected chi connectivity index (χ0v) is 14.9. The number of hydrogen-bond donors (Lipinski definition) is 3. The van der Waals surface area contributed by atoms with Crippen molar-refractivity contribution in [2.24, 2.45) is 0 Å². The number of hydrogen-bond acceptors (Lipinski definition) is 5. The molecule has 3 N–H and O–H groups in total. The number of aromatic nitrogens is 2. The maximum absolute atomic E-state index is 11.1. The molecule has 0 atom stereocenters. The van der Waals surface area contributed by atoms with Gasteiger partial charge in [0, 0.05) is 23.1 Å².